The summed E-state index contributed by atoms with van der Waals surface area (Å²) in [4.78, 5) is 5.05. The van der Waals surface area contributed by atoms with Gasteiger partial charge in [0, 0.05) is 38.4 Å². The molecule has 0 aliphatic carbocycles. The quantitative estimate of drug-likeness (QED) is 0.856. The highest BCUT2D eigenvalue weighted by Gasteiger charge is 2.15. The van der Waals surface area contributed by atoms with Crippen LogP contribution >= 0.6 is 0 Å². The summed E-state index contributed by atoms with van der Waals surface area (Å²) in [6.45, 7) is 7.70. The van der Waals surface area contributed by atoms with Crippen LogP contribution in [-0.4, -0.2) is 38.2 Å². The van der Waals surface area contributed by atoms with Crippen molar-refractivity contribution < 1.29 is 4.74 Å². The maximum atomic E-state index is 5.25. The first-order valence-corrected chi connectivity index (χ1v) is 8.41. The van der Waals surface area contributed by atoms with E-state index in [0.29, 0.717) is 0 Å². The fourth-order valence-electron chi connectivity index (χ4n) is 3.25. The van der Waals surface area contributed by atoms with E-state index in [1.54, 1.807) is 7.11 Å². The second-order valence-corrected chi connectivity index (χ2v) is 6.30. The lowest BCUT2D eigenvalue weighted by molar-refractivity contribution is 0.285. The molecule has 0 aromatic heterocycles. The van der Waals surface area contributed by atoms with Crippen molar-refractivity contribution in [1.82, 2.24) is 4.90 Å². The molecule has 1 saturated heterocycles. The highest BCUT2D eigenvalue weighted by atomic mass is 16.5. The second kappa shape index (κ2) is 7.51. The number of rotatable bonds is 4. The van der Waals surface area contributed by atoms with Crippen molar-refractivity contribution in [2.45, 2.75) is 19.9 Å². The first-order chi connectivity index (χ1) is 11.2. The van der Waals surface area contributed by atoms with E-state index < -0.39 is 0 Å². The Kier molecular flexibility index (Phi) is 5.19. The Morgan fingerprint density at radius 2 is 1.78 bits per heavy atom. The molecule has 23 heavy (non-hydrogen) atoms. The third-order valence-corrected chi connectivity index (χ3v) is 4.51. The molecule has 0 radical (unpaired) electrons. The van der Waals surface area contributed by atoms with Crippen molar-refractivity contribution in [2.24, 2.45) is 0 Å². The summed E-state index contributed by atoms with van der Waals surface area (Å²) in [5.41, 5.74) is 4.06. The summed E-state index contributed by atoms with van der Waals surface area (Å²) in [6, 6.07) is 17.3. The van der Waals surface area contributed by atoms with Gasteiger partial charge in [0.1, 0.15) is 5.75 Å². The maximum Gasteiger partial charge on any atom is 0.119 e. The summed E-state index contributed by atoms with van der Waals surface area (Å²) in [5, 5.41) is 0. The molecule has 3 heteroatoms. The normalized spacial score (nSPS) is 16.2. The highest BCUT2D eigenvalue weighted by molar-refractivity contribution is 5.49. The zero-order valence-electron chi connectivity index (χ0n) is 14.2. The molecule has 1 aliphatic rings. The van der Waals surface area contributed by atoms with Crippen LogP contribution in [0.25, 0.3) is 0 Å². The number of anilines is 1. The summed E-state index contributed by atoms with van der Waals surface area (Å²) >= 11 is 0. The zero-order valence-corrected chi connectivity index (χ0v) is 14.2. The second-order valence-electron chi connectivity index (χ2n) is 6.30. The first-order valence-electron chi connectivity index (χ1n) is 8.41. The highest BCUT2D eigenvalue weighted by Crippen LogP contribution is 2.21. The average Bonchev–Trinajstić information content (AvgIpc) is 2.81. The van der Waals surface area contributed by atoms with Crippen LogP contribution in [0.4, 0.5) is 5.69 Å². The van der Waals surface area contributed by atoms with Crippen LogP contribution in [0.15, 0.2) is 48.5 Å². The van der Waals surface area contributed by atoms with Crippen molar-refractivity contribution in [1.29, 1.82) is 0 Å². The summed E-state index contributed by atoms with van der Waals surface area (Å²) in [5.74, 6) is 0.921. The maximum absolute atomic E-state index is 5.25. The molecule has 0 amide bonds. The topological polar surface area (TPSA) is 15.7 Å². The lowest BCUT2D eigenvalue weighted by Gasteiger charge is -2.24. The number of aryl methyl sites for hydroxylation is 1. The van der Waals surface area contributed by atoms with Gasteiger partial charge in [-0.15, -0.1) is 0 Å². The minimum absolute atomic E-state index is 0.921. The molecule has 3 nitrogen and oxygen atoms in total. The third kappa shape index (κ3) is 4.26. The molecule has 1 heterocycles. The molecule has 1 aliphatic heterocycles. The Bertz CT molecular complexity index is 624. The van der Waals surface area contributed by atoms with Crippen LogP contribution in [0.3, 0.4) is 0 Å². The van der Waals surface area contributed by atoms with Gasteiger partial charge >= 0.3 is 0 Å². The van der Waals surface area contributed by atoms with Gasteiger partial charge in [0.25, 0.3) is 0 Å². The molecular formula is C20H26N2O. The number of benzene rings is 2. The molecule has 3 rings (SSSR count). The van der Waals surface area contributed by atoms with Gasteiger partial charge in [-0.3, -0.25) is 4.90 Å². The van der Waals surface area contributed by atoms with Gasteiger partial charge in [-0.2, -0.15) is 0 Å². The first kappa shape index (κ1) is 15.9. The Labute approximate surface area is 139 Å². The zero-order chi connectivity index (χ0) is 16.1. The van der Waals surface area contributed by atoms with Gasteiger partial charge in [-0.25, -0.2) is 0 Å². The lowest BCUT2D eigenvalue weighted by atomic mass is 10.1. The van der Waals surface area contributed by atoms with Gasteiger partial charge in [0.15, 0.2) is 0 Å². The molecule has 0 unspecified atom stereocenters. The van der Waals surface area contributed by atoms with Crippen LogP contribution < -0.4 is 9.64 Å². The van der Waals surface area contributed by atoms with Gasteiger partial charge in [-0.1, -0.05) is 29.8 Å². The SMILES string of the molecule is COc1ccc(N2CCCN(Cc3cccc(C)c3)CC2)cc1. The molecule has 0 saturated carbocycles. The van der Waals surface area contributed by atoms with Crippen LogP contribution in [0, 0.1) is 6.92 Å². The third-order valence-electron chi connectivity index (χ3n) is 4.51. The van der Waals surface area contributed by atoms with E-state index in [1.807, 2.05) is 12.1 Å². The summed E-state index contributed by atoms with van der Waals surface area (Å²) in [6.07, 6.45) is 1.21. The standard InChI is InChI=1S/C20H26N2O/c1-17-5-3-6-18(15-17)16-21-11-4-12-22(14-13-21)19-7-9-20(23-2)10-8-19/h3,5-10,15H,4,11-14,16H2,1-2H3. The molecule has 1 fully saturated rings. The van der Waals surface area contributed by atoms with Crippen molar-refractivity contribution in [3.05, 3.63) is 59.7 Å². The van der Waals surface area contributed by atoms with Gasteiger partial charge in [-0.05, 0) is 43.2 Å². The van der Waals surface area contributed by atoms with Gasteiger partial charge < -0.3 is 9.64 Å². The Morgan fingerprint density at radius 3 is 2.52 bits per heavy atom. The molecule has 0 N–H and O–H groups in total. The fraction of sp³-hybridized carbons (Fsp3) is 0.400. The number of hydrogen-bond acceptors (Lipinski definition) is 3. The predicted octanol–water partition coefficient (Wildman–Crippen LogP) is 3.72. The van der Waals surface area contributed by atoms with E-state index >= 15 is 0 Å². The van der Waals surface area contributed by atoms with Crippen LogP contribution in [0.1, 0.15) is 17.5 Å². The molecular weight excluding hydrogens is 284 g/mol. The number of hydrogen-bond donors (Lipinski definition) is 0. The molecule has 122 valence electrons. The summed E-state index contributed by atoms with van der Waals surface area (Å²) < 4.78 is 5.25. The Morgan fingerprint density at radius 1 is 0.957 bits per heavy atom. The van der Waals surface area contributed by atoms with E-state index in [0.717, 1.165) is 31.9 Å². The molecule has 0 spiro atoms. The average molecular weight is 310 g/mol. The largest absolute Gasteiger partial charge is 0.497 e. The number of methoxy groups -OCH3 is 1. The smallest absolute Gasteiger partial charge is 0.119 e. The van der Waals surface area contributed by atoms with Crippen LogP contribution in [-0.2, 0) is 6.54 Å². The number of ether oxygens (including phenoxy) is 1. The lowest BCUT2D eigenvalue weighted by Crippen LogP contribution is -2.30. The minimum atomic E-state index is 0.921. The van der Waals surface area contributed by atoms with Crippen molar-refractivity contribution in [2.75, 3.05) is 38.2 Å². The van der Waals surface area contributed by atoms with Crippen molar-refractivity contribution >= 4 is 5.69 Å². The minimum Gasteiger partial charge on any atom is -0.497 e. The monoisotopic (exact) mass is 310 g/mol. The van der Waals surface area contributed by atoms with Crippen molar-refractivity contribution in [3.63, 3.8) is 0 Å². The Balaban J connectivity index is 1.60. The van der Waals surface area contributed by atoms with Gasteiger partial charge in [0.05, 0.1) is 7.11 Å². The molecule has 2 aromatic carbocycles. The van der Waals surface area contributed by atoms with Crippen LogP contribution in [0.2, 0.25) is 0 Å². The Hall–Kier alpha value is -2.00. The van der Waals surface area contributed by atoms with Gasteiger partial charge in [0.2, 0.25) is 0 Å². The van der Waals surface area contributed by atoms with E-state index in [2.05, 4.69) is 53.1 Å². The van der Waals surface area contributed by atoms with E-state index in [9.17, 15) is 0 Å². The van der Waals surface area contributed by atoms with Crippen LogP contribution in [0.5, 0.6) is 5.75 Å². The summed E-state index contributed by atoms with van der Waals surface area (Å²) in [7, 11) is 1.71. The number of nitrogens with zero attached hydrogens (tertiary/aromatic N) is 2. The van der Waals surface area contributed by atoms with E-state index in [1.165, 1.54) is 29.8 Å². The predicted molar refractivity (Wildman–Crippen MR) is 96.3 cm³/mol. The molecule has 2 aromatic rings. The molecule has 0 bridgehead atoms. The van der Waals surface area contributed by atoms with Crippen molar-refractivity contribution in [3.8, 4) is 5.75 Å². The van der Waals surface area contributed by atoms with E-state index in [4.69, 9.17) is 4.74 Å². The molecule has 0 atom stereocenters. The fourth-order valence-corrected chi connectivity index (χ4v) is 3.25. The van der Waals surface area contributed by atoms with E-state index in [-0.39, 0.29) is 0 Å².